The summed E-state index contributed by atoms with van der Waals surface area (Å²) in [6, 6.07) is 4.55. The fourth-order valence-electron chi connectivity index (χ4n) is 2.05. The highest BCUT2D eigenvalue weighted by Crippen LogP contribution is 2.31. The van der Waals surface area contributed by atoms with E-state index in [-0.39, 0.29) is 48.9 Å². The average molecular weight is 505 g/mol. The van der Waals surface area contributed by atoms with E-state index >= 15 is 0 Å². The molecular formula is C17H27F3IN3O3. The topological polar surface area (TPSA) is 75.1 Å². The first-order chi connectivity index (χ1) is 12.3. The van der Waals surface area contributed by atoms with Crippen LogP contribution in [0.1, 0.15) is 19.4 Å². The van der Waals surface area contributed by atoms with E-state index in [1.54, 1.807) is 7.11 Å². The van der Waals surface area contributed by atoms with Crippen LogP contribution in [0.3, 0.4) is 0 Å². The van der Waals surface area contributed by atoms with Crippen molar-refractivity contribution in [3.63, 3.8) is 0 Å². The van der Waals surface area contributed by atoms with Crippen LogP contribution in [-0.4, -0.2) is 56.6 Å². The summed E-state index contributed by atoms with van der Waals surface area (Å²) < 4.78 is 48.3. The van der Waals surface area contributed by atoms with E-state index < -0.39 is 17.8 Å². The molecule has 156 valence electrons. The molecule has 0 bridgehead atoms. The van der Waals surface area contributed by atoms with Gasteiger partial charge in [0.05, 0.1) is 18.7 Å². The Labute approximate surface area is 174 Å². The Kier molecular flexibility index (Phi) is 12.4. The highest BCUT2D eigenvalue weighted by Gasteiger charge is 2.30. The van der Waals surface area contributed by atoms with E-state index in [0.717, 1.165) is 12.1 Å². The van der Waals surface area contributed by atoms with Crippen LogP contribution in [-0.2, 0) is 10.9 Å². The Hall–Kier alpha value is -1.27. The highest BCUT2D eigenvalue weighted by atomic mass is 127. The molecule has 0 aliphatic carbocycles. The molecule has 1 aromatic carbocycles. The Morgan fingerprint density at radius 3 is 2.59 bits per heavy atom. The number of guanidine groups is 1. The van der Waals surface area contributed by atoms with Crippen LogP contribution in [0, 0.1) is 0 Å². The van der Waals surface area contributed by atoms with Gasteiger partial charge in [-0.05, 0) is 32.0 Å². The van der Waals surface area contributed by atoms with Gasteiger partial charge in [0, 0.05) is 19.7 Å². The van der Waals surface area contributed by atoms with Gasteiger partial charge in [-0.1, -0.05) is 6.07 Å². The second-order valence-corrected chi connectivity index (χ2v) is 5.71. The minimum absolute atomic E-state index is 0. The van der Waals surface area contributed by atoms with Crippen LogP contribution >= 0.6 is 24.0 Å². The van der Waals surface area contributed by atoms with Crippen molar-refractivity contribution in [3.8, 4) is 5.75 Å². The highest BCUT2D eigenvalue weighted by molar-refractivity contribution is 14.0. The Balaban J connectivity index is 0.00000676. The molecule has 2 atom stereocenters. The SMILES string of the molecule is CCNC(=NCC(O)COc1cccc(C(F)(F)F)c1)NC(C)COC.I. The number of alkyl halides is 3. The predicted octanol–water partition coefficient (Wildman–Crippen LogP) is 2.65. The number of aliphatic hydroxyl groups excluding tert-OH is 1. The molecule has 2 unspecified atom stereocenters. The van der Waals surface area contributed by atoms with E-state index in [9.17, 15) is 18.3 Å². The van der Waals surface area contributed by atoms with Crippen LogP contribution < -0.4 is 15.4 Å². The Morgan fingerprint density at radius 2 is 2.00 bits per heavy atom. The van der Waals surface area contributed by atoms with E-state index in [2.05, 4.69) is 15.6 Å². The van der Waals surface area contributed by atoms with Gasteiger partial charge in [-0.15, -0.1) is 24.0 Å². The number of nitrogens with zero attached hydrogens (tertiary/aromatic N) is 1. The molecule has 1 aromatic rings. The minimum atomic E-state index is -4.44. The summed E-state index contributed by atoms with van der Waals surface area (Å²) in [5.41, 5.74) is -0.798. The second-order valence-electron chi connectivity index (χ2n) is 5.71. The number of hydrogen-bond donors (Lipinski definition) is 3. The third-order valence-electron chi connectivity index (χ3n) is 3.21. The summed E-state index contributed by atoms with van der Waals surface area (Å²) in [4.78, 5) is 4.23. The van der Waals surface area contributed by atoms with E-state index in [4.69, 9.17) is 9.47 Å². The molecule has 0 aliphatic rings. The number of ether oxygens (including phenoxy) is 2. The lowest BCUT2D eigenvalue weighted by Crippen LogP contribution is -2.44. The third-order valence-corrected chi connectivity index (χ3v) is 3.21. The maximum Gasteiger partial charge on any atom is 0.416 e. The lowest BCUT2D eigenvalue weighted by atomic mass is 10.2. The molecule has 0 heterocycles. The van der Waals surface area contributed by atoms with Crippen molar-refractivity contribution in [2.45, 2.75) is 32.2 Å². The molecular weight excluding hydrogens is 478 g/mol. The smallest absolute Gasteiger partial charge is 0.416 e. The molecule has 0 radical (unpaired) electrons. The van der Waals surface area contributed by atoms with Crippen molar-refractivity contribution in [2.75, 3.05) is 33.4 Å². The van der Waals surface area contributed by atoms with Gasteiger partial charge in [-0.25, -0.2) is 0 Å². The van der Waals surface area contributed by atoms with Crippen LogP contribution in [0.25, 0.3) is 0 Å². The van der Waals surface area contributed by atoms with Gasteiger partial charge < -0.3 is 25.2 Å². The fourth-order valence-corrected chi connectivity index (χ4v) is 2.05. The monoisotopic (exact) mass is 505 g/mol. The number of methoxy groups -OCH3 is 1. The van der Waals surface area contributed by atoms with Crippen molar-refractivity contribution in [3.05, 3.63) is 29.8 Å². The molecule has 0 aliphatic heterocycles. The zero-order valence-corrected chi connectivity index (χ0v) is 17.9. The number of rotatable bonds is 9. The van der Waals surface area contributed by atoms with E-state index in [1.807, 2.05) is 13.8 Å². The number of aliphatic hydroxyl groups is 1. The summed E-state index contributed by atoms with van der Waals surface area (Å²) in [5.74, 6) is 0.553. The number of hydrogen-bond acceptors (Lipinski definition) is 4. The number of nitrogens with one attached hydrogen (secondary N) is 2. The van der Waals surface area contributed by atoms with Gasteiger partial charge >= 0.3 is 6.18 Å². The van der Waals surface area contributed by atoms with Gasteiger partial charge in [0.25, 0.3) is 0 Å². The average Bonchev–Trinajstić information content (AvgIpc) is 2.58. The standard InChI is InChI=1S/C17H26F3N3O3.HI/c1-4-21-16(23-12(2)10-25-3)22-9-14(24)11-26-15-7-5-6-13(8-15)17(18,19)20;/h5-8,12,14,24H,4,9-11H2,1-3H3,(H2,21,22,23);1H. The van der Waals surface area contributed by atoms with Crippen molar-refractivity contribution >= 4 is 29.9 Å². The van der Waals surface area contributed by atoms with E-state index in [1.165, 1.54) is 12.1 Å². The van der Waals surface area contributed by atoms with Gasteiger partial charge in [0.1, 0.15) is 18.5 Å². The molecule has 10 heteroatoms. The summed E-state index contributed by atoms with van der Waals surface area (Å²) >= 11 is 0. The second kappa shape index (κ2) is 13.0. The Bertz CT molecular complexity index is 574. The van der Waals surface area contributed by atoms with Crippen molar-refractivity contribution < 1.29 is 27.8 Å². The number of benzene rings is 1. The zero-order valence-electron chi connectivity index (χ0n) is 15.5. The predicted molar refractivity (Wildman–Crippen MR) is 109 cm³/mol. The number of aliphatic imine (C=N–C) groups is 1. The van der Waals surface area contributed by atoms with Crippen molar-refractivity contribution in [1.29, 1.82) is 0 Å². The first-order valence-corrected chi connectivity index (χ1v) is 8.28. The molecule has 0 saturated carbocycles. The maximum absolute atomic E-state index is 12.7. The fraction of sp³-hybridized carbons (Fsp3) is 0.588. The molecule has 27 heavy (non-hydrogen) atoms. The molecule has 0 amide bonds. The first-order valence-electron chi connectivity index (χ1n) is 8.28. The van der Waals surface area contributed by atoms with Gasteiger partial charge in [-0.2, -0.15) is 13.2 Å². The Morgan fingerprint density at radius 1 is 1.30 bits per heavy atom. The molecule has 0 aromatic heterocycles. The number of halogens is 4. The van der Waals surface area contributed by atoms with Crippen LogP contribution in [0.2, 0.25) is 0 Å². The van der Waals surface area contributed by atoms with Crippen LogP contribution in [0.5, 0.6) is 5.75 Å². The van der Waals surface area contributed by atoms with Gasteiger partial charge in [0.2, 0.25) is 0 Å². The van der Waals surface area contributed by atoms with Crippen LogP contribution in [0.4, 0.5) is 13.2 Å². The quantitative estimate of drug-likeness (QED) is 0.274. The third kappa shape index (κ3) is 10.6. The minimum Gasteiger partial charge on any atom is -0.491 e. The lowest BCUT2D eigenvalue weighted by molar-refractivity contribution is -0.137. The molecule has 0 saturated heterocycles. The molecule has 1 rings (SSSR count). The lowest BCUT2D eigenvalue weighted by Gasteiger charge is -2.18. The van der Waals surface area contributed by atoms with E-state index in [0.29, 0.717) is 19.1 Å². The summed E-state index contributed by atoms with van der Waals surface area (Å²) in [7, 11) is 1.59. The van der Waals surface area contributed by atoms with Crippen molar-refractivity contribution in [2.24, 2.45) is 4.99 Å². The van der Waals surface area contributed by atoms with Gasteiger partial charge in [-0.3, -0.25) is 4.99 Å². The molecule has 3 N–H and O–H groups in total. The summed E-state index contributed by atoms with van der Waals surface area (Å²) in [6.07, 6.45) is -5.40. The molecule has 6 nitrogen and oxygen atoms in total. The van der Waals surface area contributed by atoms with Crippen LogP contribution in [0.15, 0.2) is 29.3 Å². The summed E-state index contributed by atoms with van der Waals surface area (Å²) in [6.45, 7) is 4.83. The largest absolute Gasteiger partial charge is 0.491 e. The zero-order chi connectivity index (χ0) is 19.6. The summed E-state index contributed by atoms with van der Waals surface area (Å²) in [5, 5.41) is 16.1. The first kappa shape index (κ1) is 25.7. The van der Waals surface area contributed by atoms with Crippen molar-refractivity contribution in [1.82, 2.24) is 10.6 Å². The maximum atomic E-state index is 12.7. The normalized spacial score (nSPS) is 14.1. The van der Waals surface area contributed by atoms with Gasteiger partial charge in [0.15, 0.2) is 5.96 Å². The molecule has 0 fully saturated rings. The molecule has 0 spiro atoms.